The van der Waals surface area contributed by atoms with Gasteiger partial charge in [-0.3, -0.25) is 9.59 Å². The number of carbonyl (C=O) groups is 2. The molecule has 0 radical (unpaired) electrons. The van der Waals surface area contributed by atoms with E-state index in [0.29, 0.717) is 19.0 Å². The number of fused-ring (bicyclic) bond motifs is 1. The molecule has 0 bridgehead atoms. The molecule has 1 heterocycles. The van der Waals surface area contributed by atoms with Gasteiger partial charge in [-0.15, -0.1) is 0 Å². The third kappa shape index (κ3) is 15.3. The molecule has 0 fully saturated rings. The SMILES string of the molecule is Cc1c(C)c2c(c(C)c1OC(=O)CCC(=O)OCCOCCOCCO)CCC(C)(CCCC(C)CCCC(C)CCCC(C)C)O2. The summed E-state index contributed by atoms with van der Waals surface area (Å²) in [7, 11) is 0. The summed E-state index contributed by atoms with van der Waals surface area (Å²) < 4.78 is 28.1. The van der Waals surface area contributed by atoms with Gasteiger partial charge in [-0.1, -0.05) is 72.6 Å². The Kier molecular flexibility index (Phi) is 19.0. The minimum absolute atomic E-state index is 0.0303. The molecule has 270 valence electrons. The highest BCUT2D eigenvalue weighted by Crippen LogP contribution is 2.45. The van der Waals surface area contributed by atoms with Crippen LogP contribution < -0.4 is 9.47 Å². The maximum absolute atomic E-state index is 12.7. The monoisotopic (exact) mass is 662 g/mol. The van der Waals surface area contributed by atoms with Crippen molar-refractivity contribution >= 4 is 11.9 Å². The molecule has 8 heteroatoms. The molecule has 47 heavy (non-hydrogen) atoms. The van der Waals surface area contributed by atoms with Gasteiger partial charge < -0.3 is 28.8 Å². The van der Waals surface area contributed by atoms with E-state index in [1.165, 1.54) is 51.4 Å². The number of hydrogen-bond donors (Lipinski definition) is 1. The predicted octanol–water partition coefficient (Wildman–Crippen LogP) is 8.39. The van der Waals surface area contributed by atoms with Gasteiger partial charge in [0.2, 0.25) is 0 Å². The molecule has 0 saturated carbocycles. The van der Waals surface area contributed by atoms with E-state index in [-0.39, 0.29) is 44.9 Å². The Balaban J connectivity index is 1.78. The van der Waals surface area contributed by atoms with Crippen LogP contribution in [0.15, 0.2) is 0 Å². The van der Waals surface area contributed by atoms with E-state index in [0.717, 1.165) is 65.0 Å². The molecule has 2 rings (SSSR count). The second kappa shape index (κ2) is 21.7. The molecule has 3 unspecified atom stereocenters. The molecule has 0 aromatic heterocycles. The van der Waals surface area contributed by atoms with Crippen molar-refractivity contribution in [2.45, 2.75) is 144 Å². The van der Waals surface area contributed by atoms with Crippen LogP contribution in [0.5, 0.6) is 11.5 Å². The molecule has 8 nitrogen and oxygen atoms in total. The zero-order chi connectivity index (χ0) is 34.8. The Morgan fingerprint density at radius 3 is 1.98 bits per heavy atom. The van der Waals surface area contributed by atoms with Gasteiger partial charge in [-0.25, -0.2) is 0 Å². The summed E-state index contributed by atoms with van der Waals surface area (Å²) in [5, 5.41) is 8.67. The Hall–Kier alpha value is -2.16. The summed E-state index contributed by atoms with van der Waals surface area (Å²) in [4.78, 5) is 24.8. The normalized spacial score (nSPS) is 17.2. The van der Waals surface area contributed by atoms with Crippen LogP contribution in [-0.2, 0) is 30.2 Å². The number of hydrogen-bond acceptors (Lipinski definition) is 8. The van der Waals surface area contributed by atoms with Crippen LogP contribution in [-0.4, -0.2) is 62.3 Å². The van der Waals surface area contributed by atoms with E-state index >= 15 is 0 Å². The first-order valence-electron chi connectivity index (χ1n) is 18.3. The van der Waals surface area contributed by atoms with E-state index < -0.39 is 11.9 Å². The van der Waals surface area contributed by atoms with Gasteiger partial charge in [0.05, 0.1) is 45.9 Å². The second-order valence-corrected chi connectivity index (χ2v) is 14.6. The topological polar surface area (TPSA) is 101 Å². The molecule has 0 aliphatic carbocycles. The third-order valence-electron chi connectivity index (χ3n) is 9.69. The standard InChI is InChI=1S/C39H66O8/c1-28(2)12-9-13-29(3)14-10-15-30(4)16-11-20-39(8)21-19-34-33(7)37(31(5)32(6)38(34)47-39)46-36(42)18-17-35(41)45-27-26-44-25-24-43-23-22-40/h28-30,40H,9-27H2,1-8H3. The van der Waals surface area contributed by atoms with Gasteiger partial charge in [-0.05, 0) is 87.8 Å². The van der Waals surface area contributed by atoms with Crippen molar-refractivity contribution in [3.63, 3.8) is 0 Å². The van der Waals surface area contributed by atoms with E-state index in [1.807, 2.05) is 20.8 Å². The number of benzene rings is 1. The van der Waals surface area contributed by atoms with Gasteiger partial charge in [-0.2, -0.15) is 0 Å². The number of aliphatic hydroxyl groups is 1. The summed E-state index contributed by atoms with van der Waals surface area (Å²) >= 11 is 0. The number of carbonyl (C=O) groups excluding carboxylic acids is 2. The summed E-state index contributed by atoms with van der Waals surface area (Å²) in [5.74, 6) is 2.98. The lowest BCUT2D eigenvalue weighted by molar-refractivity contribution is -0.148. The zero-order valence-corrected chi connectivity index (χ0v) is 31.0. The van der Waals surface area contributed by atoms with Crippen LogP contribution in [0, 0.1) is 38.5 Å². The van der Waals surface area contributed by atoms with Crippen LogP contribution in [0.25, 0.3) is 0 Å². The second-order valence-electron chi connectivity index (χ2n) is 14.6. The molecular formula is C39H66O8. The third-order valence-corrected chi connectivity index (χ3v) is 9.69. The molecule has 0 spiro atoms. The van der Waals surface area contributed by atoms with Crippen molar-refractivity contribution in [3.05, 3.63) is 22.3 Å². The smallest absolute Gasteiger partial charge is 0.311 e. The van der Waals surface area contributed by atoms with Crippen LogP contribution in [0.3, 0.4) is 0 Å². The minimum atomic E-state index is -0.471. The largest absolute Gasteiger partial charge is 0.487 e. The van der Waals surface area contributed by atoms with Gasteiger partial charge >= 0.3 is 11.9 Å². The lowest BCUT2D eigenvalue weighted by atomic mass is 9.83. The van der Waals surface area contributed by atoms with Crippen molar-refractivity contribution in [2.24, 2.45) is 17.8 Å². The highest BCUT2D eigenvalue weighted by atomic mass is 16.6. The van der Waals surface area contributed by atoms with Crippen molar-refractivity contribution in [1.82, 2.24) is 0 Å². The average molecular weight is 663 g/mol. The predicted molar refractivity (Wildman–Crippen MR) is 187 cm³/mol. The molecule has 1 aromatic rings. The molecule has 3 atom stereocenters. The quantitative estimate of drug-likeness (QED) is 0.0669. The molecule has 0 amide bonds. The lowest BCUT2D eigenvalue weighted by Gasteiger charge is -2.38. The van der Waals surface area contributed by atoms with Crippen molar-refractivity contribution in [3.8, 4) is 11.5 Å². The molecular weight excluding hydrogens is 596 g/mol. The number of rotatable bonds is 24. The Bertz CT molecular complexity index is 1080. The summed E-state index contributed by atoms with van der Waals surface area (Å²) in [5.41, 5.74) is 3.77. The van der Waals surface area contributed by atoms with Crippen molar-refractivity contribution < 1.29 is 38.4 Å². The minimum Gasteiger partial charge on any atom is -0.487 e. The molecule has 1 aliphatic rings. The number of aliphatic hydroxyl groups excluding tert-OH is 1. The maximum atomic E-state index is 12.7. The van der Waals surface area contributed by atoms with E-state index in [2.05, 4.69) is 34.6 Å². The molecule has 1 N–H and O–H groups in total. The molecule has 1 aromatic carbocycles. The van der Waals surface area contributed by atoms with Gasteiger partial charge in [0.15, 0.2) is 0 Å². The van der Waals surface area contributed by atoms with E-state index in [9.17, 15) is 9.59 Å². The average Bonchev–Trinajstić information content (AvgIpc) is 3.02. The highest BCUT2D eigenvalue weighted by Gasteiger charge is 2.35. The van der Waals surface area contributed by atoms with Crippen molar-refractivity contribution in [2.75, 3.05) is 39.6 Å². The highest BCUT2D eigenvalue weighted by molar-refractivity contribution is 5.80. The number of esters is 2. The first-order chi connectivity index (χ1) is 22.4. The zero-order valence-electron chi connectivity index (χ0n) is 31.0. The maximum Gasteiger partial charge on any atom is 0.311 e. The fourth-order valence-electron chi connectivity index (χ4n) is 6.46. The first-order valence-corrected chi connectivity index (χ1v) is 18.3. The first kappa shape index (κ1) is 41.0. The Labute approximate surface area is 285 Å². The van der Waals surface area contributed by atoms with E-state index in [4.69, 9.17) is 28.8 Å². The summed E-state index contributed by atoms with van der Waals surface area (Å²) in [6.45, 7) is 19.0. The van der Waals surface area contributed by atoms with Gasteiger partial charge in [0.25, 0.3) is 0 Å². The Morgan fingerprint density at radius 1 is 0.766 bits per heavy atom. The van der Waals surface area contributed by atoms with Gasteiger partial charge in [0, 0.05) is 5.56 Å². The lowest BCUT2D eigenvalue weighted by Crippen LogP contribution is -2.37. The van der Waals surface area contributed by atoms with Crippen LogP contribution in [0.2, 0.25) is 0 Å². The summed E-state index contributed by atoms with van der Waals surface area (Å²) in [6, 6.07) is 0. The van der Waals surface area contributed by atoms with Crippen LogP contribution >= 0.6 is 0 Å². The van der Waals surface area contributed by atoms with E-state index in [1.54, 1.807) is 0 Å². The van der Waals surface area contributed by atoms with Crippen LogP contribution in [0.1, 0.15) is 134 Å². The molecule has 0 saturated heterocycles. The fraction of sp³-hybridized carbons (Fsp3) is 0.795. The summed E-state index contributed by atoms with van der Waals surface area (Å²) in [6.07, 6.45) is 13.2. The fourth-order valence-corrected chi connectivity index (χ4v) is 6.46. The molecule has 1 aliphatic heterocycles. The van der Waals surface area contributed by atoms with Crippen molar-refractivity contribution in [1.29, 1.82) is 0 Å². The number of ether oxygens (including phenoxy) is 5. The van der Waals surface area contributed by atoms with Crippen LogP contribution in [0.4, 0.5) is 0 Å². The Morgan fingerprint density at radius 2 is 1.34 bits per heavy atom. The van der Waals surface area contributed by atoms with Gasteiger partial charge in [0.1, 0.15) is 23.7 Å².